The molecule has 19 heavy (non-hydrogen) atoms. The van der Waals surface area contributed by atoms with Crippen LogP contribution in [0.1, 0.15) is 11.1 Å². The third-order valence-corrected chi connectivity index (χ3v) is 4.06. The quantitative estimate of drug-likeness (QED) is 0.747. The van der Waals surface area contributed by atoms with Crippen molar-refractivity contribution in [2.45, 2.75) is 19.3 Å². The minimum atomic E-state index is -0.202. The molecule has 0 spiro atoms. The Morgan fingerprint density at radius 3 is 2.53 bits per heavy atom. The van der Waals surface area contributed by atoms with Crippen molar-refractivity contribution in [3.8, 4) is 0 Å². The van der Waals surface area contributed by atoms with Crippen LogP contribution in [0.3, 0.4) is 0 Å². The largest absolute Gasteiger partial charge is 0.479 e. The van der Waals surface area contributed by atoms with Gasteiger partial charge in [0.1, 0.15) is 0 Å². The summed E-state index contributed by atoms with van der Waals surface area (Å²) >= 11 is 0. The molecule has 0 atom stereocenters. The van der Waals surface area contributed by atoms with Gasteiger partial charge in [-0.25, -0.2) is 0 Å². The Labute approximate surface area is 114 Å². The Morgan fingerprint density at radius 2 is 1.63 bits per heavy atom. The summed E-state index contributed by atoms with van der Waals surface area (Å²) in [4.78, 5) is 0. The summed E-state index contributed by atoms with van der Waals surface area (Å²) in [6.45, 7) is 0.835. The molecule has 0 unspecified atom stereocenters. The summed E-state index contributed by atoms with van der Waals surface area (Å²) in [6.07, 6.45) is 2.16. The molecular formula is C15H14B2O2. The molecule has 0 bridgehead atoms. The molecule has 0 fully saturated rings. The van der Waals surface area contributed by atoms with Gasteiger partial charge in [0.2, 0.25) is 0 Å². The molecule has 2 aromatic carbocycles. The Kier molecular flexibility index (Phi) is 2.71. The SMILES string of the molecule is c1ccc2c(c1)CCB2OB1OCc2ccccc21. The van der Waals surface area contributed by atoms with Gasteiger partial charge in [-0.3, -0.25) is 0 Å². The fourth-order valence-corrected chi connectivity index (χ4v) is 3.07. The van der Waals surface area contributed by atoms with Crippen molar-refractivity contribution in [2.24, 2.45) is 0 Å². The maximum absolute atomic E-state index is 6.20. The second kappa shape index (κ2) is 4.55. The third-order valence-electron chi connectivity index (χ3n) is 4.06. The van der Waals surface area contributed by atoms with Crippen molar-refractivity contribution in [1.82, 2.24) is 0 Å². The summed E-state index contributed by atoms with van der Waals surface area (Å²) in [7, 11) is -0.202. The van der Waals surface area contributed by atoms with E-state index in [0.29, 0.717) is 6.61 Å². The fraction of sp³-hybridized carbons (Fsp3) is 0.200. The molecule has 0 radical (unpaired) electrons. The molecular weight excluding hydrogens is 234 g/mol. The van der Waals surface area contributed by atoms with E-state index in [1.165, 1.54) is 22.1 Å². The highest BCUT2D eigenvalue weighted by Crippen LogP contribution is 2.18. The van der Waals surface area contributed by atoms with Gasteiger partial charge in [0, 0.05) is 0 Å². The monoisotopic (exact) mass is 248 g/mol. The molecule has 0 N–H and O–H groups in total. The van der Waals surface area contributed by atoms with Crippen LogP contribution >= 0.6 is 0 Å². The predicted molar refractivity (Wildman–Crippen MR) is 78.0 cm³/mol. The van der Waals surface area contributed by atoms with Crippen molar-refractivity contribution >= 4 is 25.0 Å². The third kappa shape index (κ3) is 1.92. The lowest BCUT2D eigenvalue weighted by atomic mass is 9.59. The maximum Gasteiger partial charge on any atom is 0.479 e. The molecule has 0 saturated carbocycles. The average molecular weight is 248 g/mol. The lowest BCUT2D eigenvalue weighted by molar-refractivity contribution is 0.282. The standard InChI is InChI=1S/C15H14B2O2/c1-3-7-14-12(5-1)9-10-16(14)19-17-15-8-4-2-6-13(15)11-18-17/h1-8H,9-11H2. The number of benzene rings is 2. The van der Waals surface area contributed by atoms with Crippen molar-refractivity contribution in [3.63, 3.8) is 0 Å². The molecule has 4 heteroatoms. The van der Waals surface area contributed by atoms with Crippen LogP contribution in [0.15, 0.2) is 48.5 Å². The van der Waals surface area contributed by atoms with Crippen LogP contribution in [-0.4, -0.2) is 14.0 Å². The summed E-state index contributed by atoms with van der Waals surface area (Å²) in [6, 6.07) is 16.9. The van der Waals surface area contributed by atoms with Crippen LogP contribution in [0, 0.1) is 0 Å². The Bertz CT molecular complexity index is 561. The van der Waals surface area contributed by atoms with E-state index < -0.39 is 0 Å². The van der Waals surface area contributed by atoms with Gasteiger partial charge >= 0.3 is 14.0 Å². The zero-order valence-electron chi connectivity index (χ0n) is 10.7. The Morgan fingerprint density at radius 1 is 0.895 bits per heavy atom. The lowest BCUT2D eigenvalue weighted by Gasteiger charge is -2.13. The van der Waals surface area contributed by atoms with Gasteiger partial charge in [-0.15, -0.1) is 0 Å². The van der Waals surface area contributed by atoms with Crippen LogP contribution in [0.5, 0.6) is 0 Å². The number of aryl methyl sites for hydroxylation is 1. The van der Waals surface area contributed by atoms with Gasteiger partial charge in [0.05, 0.1) is 6.61 Å². The minimum Gasteiger partial charge on any atom is -0.467 e. The smallest absolute Gasteiger partial charge is 0.467 e. The van der Waals surface area contributed by atoms with Crippen LogP contribution in [0.4, 0.5) is 0 Å². The highest BCUT2D eigenvalue weighted by molar-refractivity contribution is 6.79. The molecule has 92 valence electrons. The first-order valence-electron chi connectivity index (χ1n) is 6.84. The summed E-state index contributed by atoms with van der Waals surface area (Å²) in [5.74, 6) is 0. The average Bonchev–Trinajstić information content (AvgIpc) is 3.05. The summed E-state index contributed by atoms with van der Waals surface area (Å²) in [5, 5.41) is 0. The van der Waals surface area contributed by atoms with E-state index >= 15 is 0 Å². The van der Waals surface area contributed by atoms with Crippen molar-refractivity contribution in [2.75, 3.05) is 0 Å². The molecule has 2 aliphatic rings. The molecule has 0 aromatic heterocycles. The fourth-order valence-electron chi connectivity index (χ4n) is 3.07. The zero-order chi connectivity index (χ0) is 12.7. The highest BCUT2D eigenvalue weighted by Gasteiger charge is 2.37. The first-order valence-corrected chi connectivity index (χ1v) is 6.84. The van der Waals surface area contributed by atoms with E-state index in [4.69, 9.17) is 9.23 Å². The number of hydrogen-bond donors (Lipinski definition) is 0. The van der Waals surface area contributed by atoms with Crippen molar-refractivity contribution < 1.29 is 9.23 Å². The molecule has 2 aromatic rings. The zero-order valence-corrected chi connectivity index (χ0v) is 10.7. The molecule has 4 rings (SSSR count). The van der Waals surface area contributed by atoms with E-state index in [2.05, 4.69) is 42.5 Å². The van der Waals surface area contributed by atoms with E-state index in [-0.39, 0.29) is 14.0 Å². The first-order chi connectivity index (χ1) is 9.42. The topological polar surface area (TPSA) is 18.5 Å². The van der Waals surface area contributed by atoms with E-state index in [1.54, 1.807) is 0 Å². The molecule has 0 saturated heterocycles. The van der Waals surface area contributed by atoms with Crippen LogP contribution < -0.4 is 10.9 Å². The predicted octanol–water partition coefficient (Wildman–Crippen LogP) is 1.38. The normalized spacial score (nSPS) is 16.6. The van der Waals surface area contributed by atoms with Crippen LogP contribution in [0.25, 0.3) is 0 Å². The second-order valence-corrected chi connectivity index (χ2v) is 5.20. The number of fused-ring (bicyclic) bond motifs is 2. The van der Waals surface area contributed by atoms with Gasteiger partial charge in [0.25, 0.3) is 0 Å². The summed E-state index contributed by atoms with van der Waals surface area (Å²) in [5.41, 5.74) is 5.18. The molecule has 0 amide bonds. The molecule has 2 nitrogen and oxygen atoms in total. The highest BCUT2D eigenvalue weighted by atomic mass is 16.6. The number of hydrogen-bond acceptors (Lipinski definition) is 2. The van der Waals surface area contributed by atoms with Gasteiger partial charge in [-0.2, -0.15) is 0 Å². The second-order valence-electron chi connectivity index (χ2n) is 5.20. The Balaban J connectivity index is 1.58. The maximum atomic E-state index is 6.20. The summed E-state index contributed by atoms with van der Waals surface area (Å²) < 4.78 is 12.0. The van der Waals surface area contributed by atoms with Gasteiger partial charge in [-0.1, -0.05) is 54.1 Å². The van der Waals surface area contributed by atoms with E-state index in [1.807, 2.05) is 6.07 Å². The van der Waals surface area contributed by atoms with Gasteiger partial charge in [-0.05, 0) is 29.2 Å². The number of rotatable bonds is 2. The Hall–Kier alpha value is -1.51. The van der Waals surface area contributed by atoms with Gasteiger partial charge < -0.3 is 9.23 Å². The lowest BCUT2D eigenvalue weighted by Crippen LogP contribution is -2.42. The molecule has 2 heterocycles. The van der Waals surface area contributed by atoms with Crippen LogP contribution in [-0.2, 0) is 22.3 Å². The van der Waals surface area contributed by atoms with Crippen molar-refractivity contribution in [3.05, 3.63) is 59.7 Å². The van der Waals surface area contributed by atoms with E-state index in [0.717, 1.165) is 12.7 Å². The molecule has 0 aliphatic carbocycles. The van der Waals surface area contributed by atoms with E-state index in [9.17, 15) is 0 Å². The van der Waals surface area contributed by atoms with Crippen LogP contribution in [0.2, 0.25) is 6.32 Å². The van der Waals surface area contributed by atoms with Gasteiger partial charge in [0.15, 0.2) is 0 Å². The van der Waals surface area contributed by atoms with Crippen molar-refractivity contribution in [1.29, 1.82) is 0 Å². The molecule has 2 aliphatic heterocycles. The minimum absolute atomic E-state index is 0.173. The first kappa shape index (κ1) is 11.3.